The summed E-state index contributed by atoms with van der Waals surface area (Å²) in [5.74, 6) is -2.00. The van der Waals surface area contributed by atoms with Gasteiger partial charge in [0.25, 0.3) is 6.29 Å². The lowest BCUT2D eigenvalue weighted by molar-refractivity contribution is -0.870. The van der Waals surface area contributed by atoms with Gasteiger partial charge in [-0.15, -0.1) is 0 Å². The van der Waals surface area contributed by atoms with Crippen molar-refractivity contribution >= 4 is 17.9 Å². The van der Waals surface area contributed by atoms with E-state index in [-0.39, 0.29) is 32.2 Å². The van der Waals surface area contributed by atoms with Crippen molar-refractivity contribution in [2.24, 2.45) is 0 Å². The molecule has 0 aliphatic heterocycles. The van der Waals surface area contributed by atoms with Gasteiger partial charge in [0.05, 0.1) is 34.4 Å². The normalized spacial score (nSPS) is 13.0. The minimum absolute atomic E-state index is 0.183. The Kier molecular flexibility index (Phi) is 60.2. The van der Waals surface area contributed by atoms with Crippen molar-refractivity contribution < 1.29 is 42.9 Å². The summed E-state index contributed by atoms with van der Waals surface area (Å²) in [4.78, 5) is 37.5. The molecule has 0 fully saturated rings. The van der Waals surface area contributed by atoms with Crippen LogP contribution >= 0.6 is 0 Å². The van der Waals surface area contributed by atoms with Gasteiger partial charge >= 0.3 is 17.9 Å². The number of nitrogens with zero attached hydrogens (tertiary/aromatic N) is 1. The van der Waals surface area contributed by atoms with Crippen molar-refractivity contribution in [3.05, 3.63) is 48.6 Å². The number of carbonyl (C=O) groups is 3. The number of aliphatic carboxylic acids is 1. The molecule has 0 aliphatic carbocycles. The molecule has 9 heteroatoms. The van der Waals surface area contributed by atoms with Crippen LogP contribution in [0.3, 0.4) is 0 Å². The molecule has 0 aromatic carbocycles. The van der Waals surface area contributed by atoms with Crippen LogP contribution in [-0.4, -0.2) is 87.4 Å². The maximum absolute atomic E-state index is 12.9. The fourth-order valence-electron chi connectivity index (χ4n) is 10.0. The summed E-state index contributed by atoms with van der Waals surface area (Å²) in [6.07, 6.45) is 76.6. The highest BCUT2D eigenvalue weighted by atomic mass is 16.7. The Balaban J connectivity index is 4.00. The van der Waals surface area contributed by atoms with E-state index in [9.17, 15) is 19.5 Å². The summed E-state index contributed by atoms with van der Waals surface area (Å²) >= 11 is 0. The molecule has 0 aliphatic rings. The SMILES string of the molecule is CCCCCC/C=C\C/C=C\CCCCCCCCCC(=O)OCC(COC(OCC[N+](C)(C)C)C(=O)O)OC(=O)CCCCCCCCCCCCCCCCCCCCCCCCCCC/C=C\C/C=C\CCCCCCC. The largest absolute Gasteiger partial charge is 0.477 e. The standard InChI is InChI=1S/C71H131NO8/c1-6-8-10-12-14-16-18-20-22-24-26-27-28-29-30-31-32-33-34-35-36-37-38-39-40-41-42-43-44-46-48-50-52-54-56-58-60-62-69(74)80-67(66-79-71(70(75)76)77-64-63-72(3,4)5)65-78-68(73)61-59-57-55-53-51-49-47-45-25-23-21-19-17-15-13-11-9-7-2/h17-20,23-26,67,71H,6-16,21-22,27-66H2,1-5H3/p+1/b19-17-,20-18-,25-23-,26-24-. The van der Waals surface area contributed by atoms with E-state index >= 15 is 0 Å². The van der Waals surface area contributed by atoms with E-state index in [0.29, 0.717) is 17.4 Å². The van der Waals surface area contributed by atoms with Gasteiger partial charge in [0, 0.05) is 12.8 Å². The predicted molar refractivity (Wildman–Crippen MR) is 341 cm³/mol. The van der Waals surface area contributed by atoms with Crippen molar-refractivity contribution in [1.29, 1.82) is 0 Å². The van der Waals surface area contributed by atoms with Crippen LogP contribution in [-0.2, 0) is 33.3 Å². The van der Waals surface area contributed by atoms with Crippen LogP contribution in [0.4, 0.5) is 0 Å². The molecule has 468 valence electrons. The Morgan fingerprint density at radius 2 is 0.675 bits per heavy atom. The van der Waals surface area contributed by atoms with Gasteiger partial charge in [0.2, 0.25) is 0 Å². The van der Waals surface area contributed by atoms with Gasteiger partial charge in [-0.05, 0) is 77.0 Å². The number of rotatable bonds is 64. The molecule has 0 aromatic rings. The first-order chi connectivity index (χ1) is 39.1. The molecular weight excluding hydrogens is 995 g/mol. The number of carbonyl (C=O) groups excluding carboxylic acids is 2. The minimum Gasteiger partial charge on any atom is -0.477 e. The molecule has 0 saturated carbocycles. The highest BCUT2D eigenvalue weighted by molar-refractivity contribution is 5.71. The zero-order valence-corrected chi connectivity index (χ0v) is 53.5. The Bertz CT molecular complexity index is 1450. The van der Waals surface area contributed by atoms with Crippen molar-refractivity contribution in [2.45, 2.75) is 341 Å². The van der Waals surface area contributed by atoms with E-state index in [1.165, 1.54) is 238 Å². The van der Waals surface area contributed by atoms with E-state index < -0.39 is 24.3 Å². The van der Waals surface area contributed by atoms with Crippen molar-refractivity contribution in [1.82, 2.24) is 0 Å². The van der Waals surface area contributed by atoms with Crippen molar-refractivity contribution in [3.63, 3.8) is 0 Å². The monoisotopic (exact) mass is 1130 g/mol. The van der Waals surface area contributed by atoms with Crippen LogP contribution in [0.2, 0.25) is 0 Å². The van der Waals surface area contributed by atoms with E-state index in [2.05, 4.69) is 62.5 Å². The first kappa shape index (κ1) is 77.2. The van der Waals surface area contributed by atoms with Crippen LogP contribution in [0.15, 0.2) is 48.6 Å². The summed E-state index contributed by atoms with van der Waals surface area (Å²) < 4.78 is 22.9. The van der Waals surface area contributed by atoms with Crippen molar-refractivity contribution in [2.75, 3.05) is 47.5 Å². The third-order valence-corrected chi connectivity index (χ3v) is 15.3. The van der Waals surface area contributed by atoms with Crippen LogP contribution in [0, 0.1) is 0 Å². The van der Waals surface area contributed by atoms with Gasteiger partial charge in [-0.2, -0.15) is 0 Å². The van der Waals surface area contributed by atoms with Gasteiger partial charge < -0.3 is 28.5 Å². The molecular formula is C71H132NO8+. The molecule has 0 radical (unpaired) electrons. The third kappa shape index (κ3) is 62.8. The maximum Gasteiger partial charge on any atom is 0.361 e. The lowest BCUT2D eigenvalue weighted by Gasteiger charge is -2.25. The number of hydrogen-bond acceptors (Lipinski definition) is 7. The molecule has 2 unspecified atom stereocenters. The molecule has 0 saturated heterocycles. The number of unbranched alkanes of at least 4 members (excludes halogenated alkanes) is 41. The topological polar surface area (TPSA) is 108 Å². The number of carboxylic acids is 1. The summed E-state index contributed by atoms with van der Waals surface area (Å²) in [6, 6.07) is 0. The molecule has 9 nitrogen and oxygen atoms in total. The zero-order valence-electron chi connectivity index (χ0n) is 53.5. The molecule has 1 N–H and O–H groups in total. The smallest absolute Gasteiger partial charge is 0.361 e. The number of hydrogen-bond donors (Lipinski definition) is 1. The number of likely N-dealkylation sites (N-methyl/N-ethyl adjacent to an activating group) is 1. The lowest BCUT2D eigenvalue weighted by Crippen LogP contribution is -2.40. The van der Waals surface area contributed by atoms with Gasteiger partial charge in [-0.25, -0.2) is 4.79 Å². The number of carboxylic acid groups (broad SMARTS) is 1. The number of esters is 2. The molecule has 0 amide bonds. The average Bonchev–Trinajstić information content (AvgIpc) is 3.43. The first-order valence-corrected chi connectivity index (χ1v) is 34.3. The summed E-state index contributed by atoms with van der Waals surface area (Å²) in [5.41, 5.74) is 0. The second-order valence-corrected chi connectivity index (χ2v) is 24.5. The van der Waals surface area contributed by atoms with Crippen LogP contribution in [0.1, 0.15) is 328 Å². The van der Waals surface area contributed by atoms with Crippen LogP contribution in [0.5, 0.6) is 0 Å². The fraction of sp³-hybridized carbons (Fsp3) is 0.845. The van der Waals surface area contributed by atoms with E-state index in [1.807, 2.05) is 21.1 Å². The Hall–Kier alpha value is -2.75. The second kappa shape index (κ2) is 62.3. The summed E-state index contributed by atoms with van der Waals surface area (Å²) in [5, 5.41) is 9.73. The minimum atomic E-state index is -1.51. The van der Waals surface area contributed by atoms with Crippen LogP contribution < -0.4 is 0 Å². The van der Waals surface area contributed by atoms with E-state index in [0.717, 1.165) is 64.2 Å². The second-order valence-electron chi connectivity index (χ2n) is 24.5. The van der Waals surface area contributed by atoms with Gasteiger partial charge in [0.15, 0.2) is 6.10 Å². The Morgan fingerprint density at radius 1 is 0.375 bits per heavy atom. The Labute approximate surface area is 495 Å². The van der Waals surface area contributed by atoms with Crippen molar-refractivity contribution in [3.8, 4) is 0 Å². The summed E-state index contributed by atoms with van der Waals surface area (Å²) in [6.45, 7) is 4.88. The third-order valence-electron chi connectivity index (χ3n) is 15.3. The highest BCUT2D eigenvalue weighted by Crippen LogP contribution is 2.18. The van der Waals surface area contributed by atoms with Gasteiger partial charge in [-0.1, -0.05) is 287 Å². The molecule has 0 bridgehead atoms. The maximum atomic E-state index is 12.9. The lowest BCUT2D eigenvalue weighted by atomic mass is 10.0. The first-order valence-electron chi connectivity index (χ1n) is 34.3. The summed E-state index contributed by atoms with van der Waals surface area (Å²) in [7, 11) is 5.98. The number of allylic oxidation sites excluding steroid dienone is 8. The fourth-order valence-corrected chi connectivity index (χ4v) is 10.0. The average molecular weight is 1130 g/mol. The zero-order chi connectivity index (χ0) is 58.3. The molecule has 0 rings (SSSR count). The van der Waals surface area contributed by atoms with Crippen LogP contribution in [0.25, 0.3) is 0 Å². The molecule has 80 heavy (non-hydrogen) atoms. The highest BCUT2D eigenvalue weighted by Gasteiger charge is 2.25. The quantitative estimate of drug-likeness (QED) is 0.0211. The predicted octanol–water partition coefficient (Wildman–Crippen LogP) is 21.0. The molecule has 0 aromatic heterocycles. The van der Waals surface area contributed by atoms with E-state index in [1.54, 1.807) is 0 Å². The molecule has 0 spiro atoms. The molecule has 2 atom stereocenters. The van der Waals surface area contributed by atoms with Gasteiger partial charge in [-0.3, -0.25) is 9.59 Å². The van der Waals surface area contributed by atoms with Gasteiger partial charge in [0.1, 0.15) is 13.2 Å². The number of ether oxygens (including phenoxy) is 4. The van der Waals surface area contributed by atoms with E-state index in [4.69, 9.17) is 18.9 Å². The Morgan fingerprint density at radius 3 is 1.00 bits per heavy atom. The molecule has 0 heterocycles. The number of quaternary nitrogens is 1.